The summed E-state index contributed by atoms with van der Waals surface area (Å²) in [6.07, 6.45) is 5.46. The van der Waals surface area contributed by atoms with Crippen LogP contribution in [0.4, 0.5) is 0 Å². The molecule has 2 heterocycles. The summed E-state index contributed by atoms with van der Waals surface area (Å²) in [6, 6.07) is 5.90. The van der Waals surface area contributed by atoms with Crippen LogP contribution in [0.1, 0.15) is 13.8 Å². The quantitative estimate of drug-likeness (QED) is 0.871. The standard InChI is InChI=1S/C11H14N4.C2H4O2/c1-9(12)8-15-7-6-14-11(15)10-4-2-3-5-13-10;1-2(3)4/h2-7,9H,8,12H2,1H3;1H3,(H,3,4)/t9-;/m0./s1. The fourth-order valence-corrected chi connectivity index (χ4v) is 1.50. The molecule has 0 aliphatic heterocycles. The topological polar surface area (TPSA) is 94.0 Å². The number of hydrogen-bond donors (Lipinski definition) is 2. The zero-order chi connectivity index (χ0) is 14.3. The second kappa shape index (κ2) is 7.27. The number of carboxylic acids is 1. The first kappa shape index (κ1) is 14.8. The van der Waals surface area contributed by atoms with Crippen molar-refractivity contribution in [2.75, 3.05) is 0 Å². The van der Waals surface area contributed by atoms with Crippen LogP contribution in [0.15, 0.2) is 36.8 Å². The van der Waals surface area contributed by atoms with Gasteiger partial charge in [0.25, 0.3) is 5.97 Å². The first-order valence-corrected chi connectivity index (χ1v) is 5.88. The Labute approximate surface area is 111 Å². The molecule has 0 bridgehead atoms. The number of aromatic nitrogens is 3. The molecule has 0 amide bonds. The van der Waals surface area contributed by atoms with E-state index in [-0.39, 0.29) is 6.04 Å². The molecule has 0 saturated heterocycles. The normalized spacial score (nSPS) is 11.3. The fourth-order valence-electron chi connectivity index (χ4n) is 1.50. The highest BCUT2D eigenvalue weighted by atomic mass is 16.4. The lowest BCUT2D eigenvalue weighted by Crippen LogP contribution is -2.22. The van der Waals surface area contributed by atoms with Gasteiger partial charge in [-0.25, -0.2) is 4.98 Å². The number of pyridine rings is 1. The Morgan fingerprint density at radius 2 is 2.11 bits per heavy atom. The molecular weight excluding hydrogens is 244 g/mol. The zero-order valence-electron chi connectivity index (χ0n) is 11.0. The van der Waals surface area contributed by atoms with E-state index in [1.807, 2.05) is 35.9 Å². The van der Waals surface area contributed by atoms with Gasteiger partial charge in [-0.05, 0) is 19.1 Å². The van der Waals surface area contributed by atoms with Crippen molar-refractivity contribution in [1.29, 1.82) is 0 Å². The highest BCUT2D eigenvalue weighted by Crippen LogP contribution is 2.13. The van der Waals surface area contributed by atoms with E-state index in [9.17, 15) is 0 Å². The largest absolute Gasteiger partial charge is 0.481 e. The third-order valence-electron chi connectivity index (χ3n) is 2.09. The molecule has 0 aliphatic rings. The Hall–Kier alpha value is -2.21. The Kier molecular flexibility index (Phi) is 5.69. The number of aliphatic carboxylic acids is 1. The molecule has 2 aromatic rings. The second-order valence-corrected chi connectivity index (χ2v) is 4.11. The first-order valence-electron chi connectivity index (χ1n) is 5.88. The maximum absolute atomic E-state index is 9.00. The minimum absolute atomic E-state index is 0.113. The van der Waals surface area contributed by atoms with Crippen molar-refractivity contribution >= 4 is 5.97 Å². The number of carboxylic acid groups (broad SMARTS) is 1. The predicted octanol–water partition coefficient (Wildman–Crippen LogP) is 1.38. The monoisotopic (exact) mass is 262 g/mol. The lowest BCUT2D eigenvalue weighted by atomic mass is 10.3. The minimum Gasteiger partial charge on any atom is -0.481 e. The molecule has 0 unspecified atom stereocenters. The maximum Gasteiger partial charge on any atom is 0.300 e. The molecule has 0 spiro atoms. The van der Waals surface area contributed by atoms with Crippen LogP contribution in [-0.2, 0) is 11.3 Å². The van der Waals surface area contributed by atoms with E-state index in [0.717, 1.165) is 25.0 Å². The van der Waals surface area contributed by atoms with Gasteiger partial charge in [0.2, 0.25) is 0 Å². The second-order valence-electron chi connectivity index (χ2n) is 4.11. The molecule has 1 atom stereocenters. The van der Waals surface area contributed by atoms with Crippen molar-refractivity contribution in [2.24, 2.45) is 5.73 Å². The van der Waals surface area contributed by atoms with Crippen LogP contribution in [-0.4, -0.2) is 31.7 Å². The van der Waals surface area contributed by atoms with Crippen LogP contribution >= 0.6 is 0 Å². The minimum atomic E-state index is -0.833. The summed E-state index contributed by atoms with van der Waals surface area (Å²) in [5, 5.41) is 7.42. The van der Waals surface area contributed by atoms with Crippen LogP contribution in [0.5, 0.6) is 0 Å². The summed E-state index contributed by atoms with van der Waals surface area (Å²) in [5.41, 5.74) is 6.64. The summed E-state index contributed by atoms with van der Waals surface area (Å²) < 4.78 is 2.02. The third-order valence-corrected chi connectivity index (χ3v) is 2.09. The van der Waals surface area contributed by atoms with Crippen LogP contribution < -0.4 is 5.73 Å². The van der Waals surface area contributed by atoms with Crippen molar-refractivity contribution in [3.05, 3.63) is 36.8 Å². The average molecular weight is 262 g/mol. The smallest absolute Gasteiger partial charge is 0.300 e. The Bertz CT molecular complexity index is 504. The number of nitrogens with two attached hydrogens (primary N) is 1. The third kappa shape index (κ3) is 5.31. The van der Waals surface area contributed by atoms with Crippen molar-refractivity contribution in [1.82, 2.24) is 14.5 Å². The average Bonchev–Trinajstić information content (AvgIpc) is 2.76. The fraction of sp³-hybridized carbons (Fsp3) is 0.308. The number of imidazole rings is 1. The van der Waals surface area contributed by atoms with Crippen LogP contribution in [0.2, 0.25) is 0 Å². The first-order chi connectivity index (χ1) is 9.00. The van der Waals surface area contributed by atoms with E-state index in [2.05, 4.69) is 9.97 Å². The molecular formula is C13H18N4O2. The molecule has 0 aliphatic carbocycles. The van der Waals surface area contributed by atoms with Gasteiger partial charge < -0.3 is 15.4 Å². The van der Waals surface area contributed by atoms with Crippen LogP contribution in [0.3, 0.4) is 0 Å². The van der Waals surface area contributed by atoms with E-state index in [0.29, 0.717) is 0 Å². The summed E-state index contributed by atoms with van der Waals surface area (Å²) in [4.78, 5) is 17.5. The molecule has 0 radical (unpaired) electrons. The van der Waals surface area contributed by atoms with Gasteiger partial charge in [-0.1, -0.05) is 6.07 Å². The van der Waals surface area contributed by atoms with Crippen molar-refractivity contribution < 1.29 is 9.90 Å². The summed E-state index contributed by atoms with van der Waals surface area (Å²) in [7, 11) is 0. The van der Waals surface area contributed by atoms with E-state index in [4.69, 9.17) is 15.6 Å². The van der Waals surface area contributed by atoms with Gasteiger partial charge in [-0.2, -0.15) is 0 Å². The molecule has 3 N–H and O–H groups in total. The van der Waals surface area contributed by atoms with E-state index in [1.165, 1.54) is 0 Å². The van der Waals surface area contributed by atoms with Gasteiger partial charge in [0.1, 0.15) is 5.69 Å². The van der Waals surface area contributed by atoms with Gasteiger partial charge in [0.15, 0.2) is 5.82 Å². The van der Waals surface area contributed by atoms with Gasteiger partial charge in [-0.15, -0.1) is 0 Å². The summed E-state index contributed by atoms with van der Waals surface area (Å²) >= 11 is 0. The van der Waals surface area contributed by atoms with Gasteiger partial charge in [0.05, 0.1) is 0 Å². The number of carbonyl (C=O) groups is 1. The van der Waals surface area contributed by atoms with Gasteiger partial charge in [-0.3, -0.25) is 9.78 Å². The predicted molar refractivity (Wildman–Crippen MR) is 72.4 cm³/mol. The molecule has 0 aromatic carbocycles. The van der Waals surface area contributed by atoms with E-state index in [1.54, 1.807) is 12.4 Å². The summed E-state index contributed by atoms with van der Waals surface area (Å²) in [6.45, 7) is 3.81. The lowest BCUT2D eigenvalue weighted by molar-refractivity contribution is -0.134. The molecule has 6 heteroatoms. The molecule has 6 nitrogen and oxygen atoms in total. The highest BCUT2D eigenvalue weighted by molar-refractivity contribution is 5.62. The van der Waals surface area contributed by atoms with Gasteiger partial charge >= 0.3 is 0 Å². The number of hydrogen-bond acceptors (Lipinski definition) is 4. The van der Waals surface area contributed by atoms with E-state index >= 15 is 0 Å². The Morgan fingerprint density at radius 1 is 1.42 bits per heavy atom. The Morgan fingerprint density at radius 3 is 2.63 bits per heavy atom. The highest BCUT2D eigenvalue weighted by Gasteiger charge is 2.07. The molecule has 2 aromatic heterocycles. The van der Waals surface area contributed by atoms with Crippen molar-refractivity contribution in [3.63, 3.8) is 0 Å². The Balaban J connectivity index is 0.000000399. The maximum atomic E-state index is 9.00. The molecule has 2 rings (SSSR count). The number of nitrogens with zero attached hydrogens (tertiary/aromatic N) is 3. The number of rotatable bonds is 3. The van der Waals surface area contributed by atoms with Crippen molar-refractivity contribution in [2.45, 2.75) is 26.4 Å². The van der Waals surface area contributed by atoms with Crippen LogP contribution in [0.25, 0.3) is 11.5 Å². The van der Waals surface area contributed by atoms with E-state index < -0.39 is 5.97 Å². The summed E-state index contributed by atoms with van der Waals surface area (Å²) in [5.74, 6) is 0.0351. The van der Waals surface area contributed by atoms with Gasteiger partial charge in [0, 0.05) is 38.1 Å². The van der Waals surface area contributed by atoms with Crippen molar-refractivity contribution in [3.8, 4) is 11.5 Å². The molecule has 0 fully saturated rings. The van der Waals surface area contributed by atoms with Crippen LogP contribution in [0, 0.1) is 0 Å². The molecule has 102 valence electrons. The lowest BCUT2D eigenvalue weighted by Gasteiger charge is -2.09. The molecule has 19 heavy (non-hydrogen) atoms. The molecule has 0 saturated carbocycles. The SMILES string of the molecule is CC(=O)O.C[C@H](N)Cn1ccnc1-c1ccccn1. The zero-order valence-corrected chi connectivity index (χ0v) is 11.0.